The molecular formula is C22H25N3O3. The molecule has 2 aromatic rings. The highest BCUT2D eigenvalue weighted by Crippen LogP contribution is 2.24. The molecule has 2 aromatic carbocycles. The number of rotatable bonds is 7. The zero-order valence-electron chi connectivity index (χ0n) is 16.2. The number of amides is 2. The maximum Gasteiger partial charge on any atom is 0.322 e. The quantitative estimate of drug-likeness (QED) is 0.733. The van der Waals surface area contributed by atoms with E-state index in [0.717, 1.165) is 16.8 Å². The van der Waals surface area contributed by atoms with Gasteiger partial charge in [0.05, 0.1) is 25.1 Å². The van der Waals surface area contributed by atoms with Gasteiger partial charge in [-0.1, -0.05) is 47.6 Å². The van der Waals surface area contributed by atoms with Crippen molar-refractivity contribution < 1.29 is 14.4 Å². The van der Waals surface area contributed by atoms with Gasteiger partial charge in [0.2, 0.25) is 0 Å². The van der Waals surface area contributed by atoms with Gasteiger partial charge in [-0.05, 0) is 24.6 Å². The molecular weight excluding hydrogens is 354 g/mol. The number of carbonyl (C=O) groups is 1. The van der Waals surface area contributed by atoms with E-state index in [0.29, 0.717) is 30.9 Å². The fourth-order valence-electron chi connectivity index (χ4n) is 3.17. The predicted molar refractivity (Wildman–Crippen MR) is 111 cm³/mol. The van der Waals surface area contributed by atoms with E-state index in [1.807, 2.05) is 30.3 Å². The average molecular weight is 379 g/mol. The maximum absolute atomic E-state index is 12.8. The highest BCUT2D eigenvalue weighted by molar-refractivity contribution is 6.02. The third kappa shape index (κ3) is 4.52. The number of benzene rings is 2. The summed E-state index contributed by atoms with van der Waals surface area (Å²) in [5, 5.41) is 7.14. The molecule has 1 aliphatic rings. The Morgan fingerprint density at radius 3 is 2.82 bits per heavy atom. The first-order valence-electron chi connectivity index (χ1n) is 9.21. The van der Waals surface area contributed by atoms with Gasteiger partial charge in [0.25, 0.3) is 0 Å². The summed E-state index contributed by atoms with van der Waals surface area (Å²) in [6, 6.07) is 15.1. The Morgan fingerprint density at radius 2 is 2.07 bits per heavy atom. The van der Waals surface area contributed by atoms with Crippen molar-refractivity contribution in [1.82, 2.24) is 4.90 Å². The minimum atomic E-state index is -0.239. The Labute approximate surface area is 165 Å². The SMILES string of the molecule is C=CCN(C[C@@H]1CC(c2ccccc2C)=NO1)C(=O)Nc1ccccc1OC. The Balaban J connectivity index is 1.64. The first kappa shape index (κ1) is 19.5. The zero-order chi connectivity index (χ0) is 19.9. The fraction of sp³-hybridized carbons (Fsp3) is 0.273. The van der Waals surface area contributed by atoms with Gasteiger partial charge in [0.15, 0.2) is 6.10 Å². The molecule has 0 bridgehead atoms. The van der Waals surface area contributed by atoms with Crippen LogP contribution in [-0.4, -0.2) is 42.9 Å². The van der Waals surface area contributed by atoms with Crippen LogP contribution in [-0.2, 0) is 4.84 Å². The molecule has 0 unspecified atom stereocenters. The largest absolute Gasteiger partial charge is 0.495 e. The van der Waals surface area contributed by atoms with Crippen LogP contribution in [0.25, 0.3) is 0 Å². The number of carbonyl (C=O) groups excluding carboxylic acids is 1. The molecule has 2 amide bonds. The minimum Gasteiger partial charge on any atom is -0.495 e. The van der Waals surface area contributed by atoms with Gasteiger partial charge in [-0.2, -0.15) is 0 Å². The number of anilines is 1. The molecule has 1 heterocycles. The Bertz CT molecular complexity index is 879. The van der Waals surface area contributed by atoms with Crippen molar-refractivity contribution in [1.29, 1.82) is 0 Å². The lowest BCUT2D eigenvalue weighted by Crippen LogP contribution is -2.40. The fourth-order valence-corrected chi connectivity index (χ4v) is 3.17. The molecule has 1 N–H and O–H groups in total. The van der Waals surface area contributed by atoms with E-state index in [2.05, 4.69) is 30.0 Å². The molecule has 0 saturated heterocycles. The second-order valence-corrected chi connectivity index (χ2v) is 6.61. The van der Waals surface area contributed by atoms with Gasteiger partial charge in [-0.15, -0.1) is 6.58 Å². The highest BCUT2D eigenvalue weighted by atomic mass is 16.6. The number of methoxy groups -OCH3 is 1. The topological polar surface area (TPSA) is 63.2 Å². The van der Waals surface area contributed by atoms with Crippen LogP contribution in [0.15, 0.2) is 66.3 Å². The van der Waals surface area contributed by atoms with Crippen molar-refractivity contribution in [2.75, 3.05) is 25.5 Å². The van der Waals surface area contributed by atoms with Crippen molar-refractivity contribution in [2.24, 2.45) is 5.16 Å². The predicted octanol–water partition coefficient (Wildman–Crippen LogP) is 4.22. The summed E-state index contributed by atoms with van der Waals surface area (Å²) in [5.41, 5.74) is 3.76. The monoisotopic (exact) mass is 379 g/mol. The molecule has 0 spiro atoms. The van der Waals surface area contributed by atoms with Crippen LogP contribution >= 0.6 is 0 Å². The van der Waals surface area contributed by atoms with Crippen LogP contribution in [0.4, 0.5) is 10.5 Å². The molecule has 1 aliphatic heterocycles. The zero-order valence-corrected chi connectivity index (χ0v) is 16.2. The number of oxime groups is 1. The molecule has 0 radical (unpaired) electrons. The molecule has 0 fully saturated rings. The molecule has 3 rings (SSSR count). The number of hydrogen-bond donors (Lipinski definition) is 1. The van der Waals surface area contributed by atoms with E-state index in [9.17, 15) is 4.79 Å². The third-order valence-corrected chi connectivity index (χ3v) is 4.60. The molecule has 0 aromatic heterocycles. The second-order valence-electron chi connectivity index (χ2n) is 6.61. The summed E-state index contributed by atoms with van der Waals surface area (Å²) in [6.45, 7) is 6.62. The van der Waals surface area contributed by atoms with Crippen molar-refractivity contribution >= 4 is 17.4 Å². The summed E-state index contributed by atoms with van der Waals surface area (Å²) in [6.07, 6.45) is 2.15. The van der Waals surface area contributed by atoms with E-state index in [4.69, 9.17) is 9.57 Å². The third-order valence-electron chi connectivity index (χ3n) is 4.60. The van der Waals surface area contributed by atoms with Crippen LogP contribution in [0.3, 0.4) is 0 Å². The molecule has 0 saturated carbocycles. The van der Waals surface area contributed by atoms with E-state index in [-0.39, 0.29) is 12.1 Å². The van der Waals surface area contributed by atoms with Gasteiger partial charge < -0.3 is 19.8 Å². The highest BCUT2D eigenvalue weighted by Gasteiger charge is 2.27. The minimum absolute atomic E-state index is 0.196. The lowest BCUT2D eigenvalue weighted by Gasteiger charge is -2.24. The number of ether oxygens (including phenoxy) is 1. The Kier molecular flexibility index (Phi) is 6.32. The van der Waals surface area contributed by atoms with Gasteiger partial charge in [-0.25, -0.2) is 4.79 Å². The van der Waals surface area contributed by atoms with E-state index >= 15 is 0 Å². The van der Waals surface area contributed by atoms with Gasteiger partial charge in [-0.3, -0.25) is 0 Å². The summed E-state index contributed by atoms with van der Waals surface area (Å²) >= 11 is 0. The number of para-hydroxylation sites is 2. The first-order chi connectivity index (χ1) is 13.6. The number of nitrogens with one attached hydrogen (secondary N) is 1. The molecule has 28 heavy (non-hydrogen) atoms. The van der Waals surface area contributed by atoms with Gasteiger partial charge >= 0.3 is 6.03 Å². The first-order valence-corrected chi connectivity index (χ1v) is 9.21. The molecule has 6 nitrogen and oxygen atoms in total. The Morgan fingerprint density at radius 1 is 1.32 bits per heavy atom. The van der Waals surface area contributed by atoms with Crippen molar-refractivity contribution in [2.45, 2.75) is 19.4 Å². The number of aryl methyl sites for hydroxylation is 1. The van der Waals surface area contributed by atoms with E-state index in [1.54, 1.807) is 30.2 Å². The van der Waals surface area contributed by atoms with Crippen LogP contribution in [0.2, 0.25) is 0 Å². The molecule has 0 aliphatic carbocycles. The second kappa shape index (κ2) is 9.08. The normalized spacial score (nSPS) is 15.4. The Hall–Kier alpha value is -3.28. The van der Waals surface area contributed by atoms with Crippen LogP contribution in [0.1, 0.15) is 17.5 Å². The van der Waals surface area contributed by atoms with Crippen LogP contribution in [0, 0.1) is 6.92 Å². The van der Waals surface area contributed by atoms with Crippen molar-refractivity contribution in [3.05, 3.63) is 72.3 Å². The summed E-state index contributed by atoms with van der Waals surface area (Å²) in [5.74, 6) is 0.608. The number of urea groups is 1. The number of hydrogen-bond acceptors (Lipinski definition) is 4. The summed E-state index contributed by atoms with van der Waals surface area (Å²) < 4.78 is 5.30. The van der Waals surface area contributed by atoms with Gasteiger partial charge in [0.1, 0.15) is 5.75 Å². The molecule has 1 atom stereocenters. The molecule has 6 heteroatoms. The van der Waals surface area contributed by atoms with E-state index in [1.165, 1.54) is 0 Å². The summed E-state index contributed by atoms with van der Waals surface area (Å²) in [4.78, 5) is 20.0. The van der Waals surface area contributed by atoms with Crippen LogP contribution < -0.4 is 10.1 Å². The van der Waals surface area contributed by atoms with Gasteiger partial charge in [0, 0.05) is 18.5 Å². The lowest BCUT2D eigenvalue weighted by atomic mass is 10.0. The summed E-state index contributed by atoms with van der Waals surface area (Å²) in [7, 11) is 1.57. The smallest absolute Gasteiger partial charge is 0.322 e. The number of nitrogens with zero attached hydrogens (tertiary/aromatic N) is 2. The van der Waals surface area contributed by atoms with Crippen molar-refractivity contribution in [3.8, 4) is 5.75 Å². The maximum atomic E-state index is 12.8. The van der Waals surface area contributed by atoms with E-state index < -0.39 is 0 Å². The standard InChI is InChI=1S/C22H25N3O3/c1-4-13-25(22(26)23-19-11-7-8-12-21(19)27-3)15-17-14-20(24-28-17)18-10-6-5-9-16(18)2/h4-12,17H,1,13-15H2,2-3H3,(H,23,26)/t17-/m0/s1. The lowest BCUT2D eigenvalue weighted by molar-refractivity contribution is 0.0645. The molecule has 146 valence electrons. The van der Waals surface area contributed by atoms with Crippen molar-refractivity contribution in [3.63, 3.8) is 0 Å². The average Bonchev–Trinajstić information content (AvgIpc) is 3.16. The van der Waals surface area contributed by atoms with Crippen LogP contribution in [0.5, 0.6) is 5.75 Å².